The number of alkyl halides is 3. The fourth-order valence-electron chi connectivity index (χ4n) is 1.29. The highest BCUT2D eigenvalue weighted by molar-refractivity contribution is 6.68. The van der Waals surface area contributed by atoms with Gasteiger partial charge in [-0.25, -0.2) is 0 Å². The van der Waals surface area contributed by atoms with Crippen LogP contribution in [0.2, 0.25) is 0 Å². The average Bonchev–Trinajstić information content (AvgIpc) is 2.25. The summed E-state index contributed by atoms with van der Waals surface area (Å²) in [4.78, 5) is 21.6. The highest BCUT2D eigenvalue weighted by atomic mass is 35.5. The van der Waals surface area contributed by atoms with Crippen LogP contribution in [0.1, 0.15) is 26.3 Å². The molecule has 0 aliphatic heterocycles. The van der Waals surface area contributed by atoms with E-state index in [4.69, 9.17) is 11.6 Å². The van der Waals surface area contributed by atoms with Crippen LogP contribution in [0.15, 0.2) is 12.1 Å². The Morgan fingerprint density at radius 2 is 2.00 bits per heavy atom. The van der Waals surface area contributed by atoms with Crippen molar-refractivity contribution in [2.75, 3.05) is 7.11 Å². The van der Waals surface area contributed by atoms with Crippen LogP contribution in [0.5, 0.6) is 5.75 Å². The third-order valence-corrected chi connectivity index (χ3v) is 2.20. The quantitative estimate of drug-likeness (QED) is 0.624. The van der Waals surface area contributed by atoms with Crippen LogP contribution >= 0.6 is 11.6 Å². The molecule has 0 atom stereocenters. The number of halogens is 4. The molecule has 7 heteroatoms. The summed E-state index contributed by atoms with van der Waals surface area (Å²) >= 11 is 5.06. The van der Waals surface area contributed by atoms with Gasteiger partial charge in [-0.1, -0.05) is 0 Å². The minimum Gasteiger partial charge on any atom is -0.497 e. The van der Waals surface area contributed by atoms with E-state index in [9.17, 15) is 22.8 Å². The van der Waals surface area contributed by atoms with Crippen molar-refractivity contribution in [1.29, 1.82) is 0 Å². The zero-order valence-corrected chi connectivity index (χ0v) is 9.22. The van der Waals surface area contributed by atoms with Crippen LogP contribution in [-0.2, 0) is 6.18 Å². The van der Waals surface area contributed by atoms with Crippen LogP contribution in [0.4, 0.5) is 13.2 Å². The highest BCUT2D eigenvalue weighted by Gasteiger charge is 2.37. The Morgan fingerprint density at radius 1 is 1.41 bits per heavy atom. The molecule has 0 fully saturated rings. The van der Waals surface area contributed by atoms with Gasteiger partial charge < -0.3 is 4.74 Å². The van der Waals surface area contributed by atoms with Gasteiger partial charge >= 0.3 is 6.18 Å². The molecule has 1 rings (SSSR count). The predicted molar refractivity (Wildman–Crippen MR) is 53.6 cm³/mol. The second-order valence-corrected chi connectivity index (χ2v) is 3.37. The molecule has 0 radical (unpaired) electrons. The molecule has 0 bridgehead atoms. The molecule has 0 N–H and O–H groups in total. The van der Waals surface area contributed by atoms with E-state index in [0.29, 0.717) is 6.07 Å². The summed E-state index contributed by atoms with van der Waals surface area (Å²) in [5.41, 5.74) is -2.62. The van der Waals surface area contributed by atoms with Crippen molar-refractivity contribution in [2.24, 2.45) is 0 Å². The van der Waals surface area contributed by atoms with Crippen molar-refractivity contribution < 1.29 is 27.5 Å². The van der Waals surface area contributed by atoms with Crippen molar-refractivity contribution in [3.63, 3.8) is 0 Å². The zero-order chi connectivity index (χ0) is 13.2. The molecule has 0 spiro atoms. The number of aldehydes is 1. The second kappa shape index (κ2) is 4.75. The molecule has 1 aromatic rings. The monoisotopic (exact) mass is 266 g/mol. The Hall–Kier alpha value is -1.56. The maximum Gasteiger partial charge on any atom is 0.417 e. The average molecular weight is 267 g/mol. The zero-order valence-electron chi connectivity index (χ0n) is 8.47. The van der Waals surface area contributed by atoms with Gasteiger partial charge in [0.05, 0.1) is 18.2 Å². The number of benzene rings is 1. The summed E-state index contributed by atoms with van der Waals surface area (Å²) in [7, 11) is 1.15. The molecule has 0 aromatic heterocycles. The smallest absolute Gasteiger partial charge is 0.417 e. The topological polar surface area (TPSA) is 43.4 Å². The van der Waals surface area contributed by atoms with Crippen LogP contribution in [0, 0.1) is 0 Å². The molecule has 0 aliphatic rings. The van der Waals surface area contributed by atoms with Crippen molar-refractivity contribution in [3.05, 3.63) is 28.8 Å². The number of carbonyl (C=O) groups is 2. The van der Waals surface area contributed by atoms with Gasteiger partial charge in [0.25, 0.3) is 5.24 Å². The molecule has 0 aliphatic carbocycles. The molecule has 0 heterocycles. The first-order valence-electron chi connectivity index (χ1n) is 4.25. The number of hydrogen-bond donors (Lipinski definition) is 0. The highest BCUT2D eigenvalue weighted by Crippen LogP contribution is 2.36. The molecular formula is C10H6ClF3O3. The van der Waals surface area contributed by atoms with E-state index in [1.165, 1.54) is 0 Å². The standard InChI is InChI=1S/C10H6ClF3O3/c1-17-6-2-5(4-15)8(9(11)16)7(3-6)10(12,13)14/h2-4H,1H3. The maximum atomic E-state index is 12.7. The largest absolute Gasteiger partial charge is 0.497 e. The van der Waals surface area contributed by atoms with E-state index in [2.05, 4.69) is 4.74 Å². The first-order chi connectivity index (χ1) is 7.81. The summed E-state index contributed by atoms with van der Waals surface area (Å²) in [5, 5.41) is -1.35. The predicted octanol–water partition coefficient (Wildman–Crippen LogP) is 2.91. The van der Waals surface area contributed by atoms with Crippen LogP contribution in [0.3, 0.4) is 0 Å². The van der Waals surface area contributed by atoms with Gasteiger partial charge in [-0.2, -0.15) is 13.2 Å². The first-order valence-corrected chi connectivity index (χ1v) is 4.63. The van der Waals surface area contributed by atoms with Crippen molar-refractivity contribution in [2.45, 2.75) is 6.18 Å². The van der Waals surface area contributed by atoms with Gasteiger partial charge in [0.2, 0.25) is 0 Å². The van der Waals surface area contributed by atoms with Gasteiger partial charge in [-0.3, -0.25) is 9.59 Å². The summed E-state index contributed by atoms with van der Waals surface area (Å²) < 4.78 is 42.6. The number of rotatable bonds is 3. The Bertz CT molecular complexity index is 469. The lowest BCUT2D eigenvalue weighted by Crippen LogP contribution is -2.13. The minimum atomic E-state index is -4.80. The fourth-order valence-corrected chi connectivity index (χ4v) is 1.50. The number of ether oxygens (including phenoxy) is 1. The molecule has 17 heavy (non-hydrogen) atoms. The minimum absolute atomic E-state index is 0.118. The van der Waals surface area contributed by atoms with Gasteiger partial charge in [0.15, 0.2) is 6.29 Å². The van der Waals surface area contributed by atoms with Gasteiger partial charge in [-0.15, -0.1) is 0 Å². The third kappa shape index (κ3) is 2.76. The SMILES string of the molecule is COc1cc(C=O)c(C(=O)Cl)c(C(F)(F)F)c1. The number of methoxy groups -OCH3 is 1. The third-order valence-electron chi connectivity index (χ3n) is 2.01. The van der Waals surface area contributed by atoms with Crippen LogP contribution < -0.4 is 4.74 Å². The Kier molecular flexibility index (Phi) is 3.77. The Morgan fingerprint density at radius 3 is 2.35 bits per heavy atom. The van der Waals surface area contributed by atoms with Crippen molar-refractivity contribution in [1.82, 2.24) is 0 Å². The maximum absolute atomic E-state index is 12.7. The molecular weight excluding hydrogens is 261 g/mol. The first kappa shape index (κ1) is 13.5. The summed E-state index contributed by atoms with van der Waals surface area (Å²) in [6.45, 7) is 0. The molecule has 0 saturated heterocycles. The summed E-state index contributed by atoms with van der Waals surface area (Å²) in [6.07, 6.45) is -4.68. The van der Waals surface area contributed by atoms with Crippen molar-refractivity contribution in [3.8, 4) is 5.75 Å². The molecule has 92 valence electrons. The van der Waals surface area contributed by atoms with E-state index < -0.39 is 28.1 Å². The van der Waals surface area contributed by atoms with E-state index in [1.54, 1.807) is 0 Å². The summed E-state index contributed by atoms with van der Waals surface area (Å²) in [5.74, 6) is -0.180. The van der Waals surface area contributed by atoms with E-state index in [0.717, 1.165) is 13.2 Å². The Labute approximate surface area is 99.1 Å². The van der Waals surface area contributed by atoms with Gasteiger partial charge in [-0.05, 0) is 23.7 Å². The van der Waals surface area contributed by atoms with E-state index in [1.807, 2.05) is 0 Å². The van der Waals surface area contributed by atoms with E-state index >= 15 is 0 Å². The van der Waals surface area contributed by atoms with Crippen molar-refractivity contribution >= 4 is 23.1 Å². The second-order valence-electron chi connectivity index (χ2n) is 3.03. The lowest BCUT2D eigenvalue weighted by molar-refractivity contribution is -0.138. The van der Waals surface area contributed by atoms with E-state index in [-0.39, 0.29) is 12.0 Å². The number of hydrogen-bond acceptors (Lipinski definition) is 3. The molecule has 0 amide bonds. The van der Waals surface area contributed by atoms with Gasteiger partial charge in [0, 0.05) is 5.56 Å². The molecule has 1 aromatic carbocycles. The molecule has 0 unspecified atom stereocenters. The lowest BCUT2D eigenvalue weighted by atomic mass is 10.0. The normalized spacial score (nSPS) is 11.1. The molecule has 3 nitrogen and oxygen atoms in total. The van der Waals surface area contributed by atoms with Gasteiger partial charge in [0.1, 0.15) is 5.75 Å². The Balaban J connectivity index is 3.64. The molecule has 0 saturated carbocycles. The lowest BCUT2D eigenvalue weighted by Gasteiger charge is -2.13. The summed E-state index contributed by atoms with van der Waals surface area (Å²) in [6, 6.07) is 1.63. The number of carbonyl (C=O) groups excluding carboxylic acids is 2. The van der Waals surface area contributed by atoms with Crippen LogP contribution in [-0.4, -0.2) is 18.6 Å². The fraction of sp³-hybridized carbons (Fsp3) is 0.200. The van der Waals surface area contributed by atoms with Crippen LogP contribution in [0.25, 0.3) is 0 Å².